The van der Waals surface area contributed by atoms with E-state index in [9.17, 15) is 0 Å². The lowest BCUT2D eigenvalue weighted by molar-refractivity contribution is 0.584. The first-order chi connectivity index (χ1) is 10.1. The maximum atomic E-state index is 5.99. The van der Waals surface area contributed by atoms with Crippen molar-refractivity contribution >= 4 is 22.0 Å². The average Bonchev–Trinajstić information content (AvgIpc) is 3.05. The summed E-state index contributed by atoms with van der Waals surface area (Å²) in [5.74, 6) is 1.36. The van der Waals surface area contributed by atoms with Crippen molar-refractivity contribution < 1.29 is 0 Å². The molecule has 0 spiro atoms. The second-order valence-electron chi connectivity index (χ2n) is 5.24. The lowest BCUT2D eigenvalue weighted by Crippen LogP contribution is -2.03. The number of hydrogen-bond donors (Lipinski definition) is 1. The highest BCUT2D eigenvalue weighted by atomic mass is 32.1. The standard InChI is InChI=1S/C15H19N5S/c1-4-10(5-2)13-17-18-15-20(13)19-14(21-15)11-7-6-9(3)12(16)8-11/h6-8,10H,4-5,16H2,1-3H3. The minimum atomic E-state index is 0.401. The zero-order chi connectivity index (χ0) is 15.0. The zero-order valence-electron chi connectivity index (χ0n) is 12.5. The molecule has 0 saturated carbocycles. The molecule has 6 heteroatoms. The molecule has 1 aromatic carbocycles. The van der Waals surface area contributed by atoms with Crippen LogP contribution >= 0.6 is 11.3 Å². The molecule has 0 saturated heterocycles. The minimum absolute atomic E-state index is 0.401. The predicted molar refractivity (Wildman–Crippen MR) is 86.6 cm³/mol. The molecule has 0 amide bonds. The maximum absolute atomic E-state index is 5.99. The van der Waals surface area contributed by atoms with Gasteiger partial charge in [-0.3, -0.25) is 0 Å². The van der Waals surface area contributed by atoms with Gasteiger partial charge in [0, 0.05) is 17.2 Å². The summed E-state index contributed by atoms with van der Waals surface area (Å²) >= 11 is 1.55. The molecule has 0 aliphatic carbocycles. The van der Waals surface area contributed by atoms with Crippen LogP contribution in [-0.4, -0.2) is 19.8 Å². The Bertz CT molecular complexity index is 770. The van der Waals surface area contributed by atoms with Crippen molar-refractivity contribution in [2.45, 2.75) is 39.5 Å². The quantitative estimate of drug-likeness (QED) is 0.747. The van der Waals surface area contributed by atoms with Crippen LogP contribution in [0.25, 0.3) is 15.5 Å². The Labute approximate surface area is 127 Å². The van der Waals surface area contributed by atoms with Gasteiger partial charge in [0.05, 0.1) is 0 Å². The van der Waals surface area contributed by atoms with Gasteiger partial charge in [-0.15, -0.1) is 10.2 Å². The van der Waals surface area contributed by atoms with Crippen molar-refractivity contribution in [1.82, 2.24) is 19.8 Å². The summed E-state index contributed by atoms with van der Waals surface area (Å²) < 4.78 is 1.88. The van der Waals surface area contributed by atoms with Gasteiger partial charge in [-0.2, -0.15) is 9.61 Å². The third-order valence-corrected chi connectivity index (χ3v) is 4.84. The summed E-state index contributed by atoms with van der Waals surface area (Å²) in [7, 11) is 0. The van der Waals surface area contributed by atoms with Crippen LogP contribution in [0.3, 0.4) is 0 Å². The first kappa shape index (κ1) is 14.0. The van der Waals surface area contributed by atoms with Gasteiger partial charge in [0.25, 0.3) is 0 Å². The van der Waals surface area contributed by atoms with Gasteiger partial charge in [0.1, 0.15) is 5.01 Å². The lowest BCUT2D eigenvalue weighted by atomic mass is 10.0. The van der Waals surface area contributed by atoms with E-state index < -0.39 is 0 Å². The van der Waals surface area contributed by atoms with Crippen LogP contribution in [0.4, 0.5) is 5.69 Å². The van der Waals surface area contributed by atoms with Crippen LogP contribution in [0.2, 0.25) is 0 Å². The molecule has 2 heterocycles. The van der Waals surface area contributed by atoms with E-state index in [2.05, 4.69) is 29.1 Å². The van der Waals surface area contributed by atoms with E-state index in [1.807, 2.05) is 29.6 Å². The minimum Gasteiger partial charge on any atom is -0.398 e. The van der Waals surface area contributed by atoms with Crippen LogP contribution < -0.4 is 5.73 Å². The molecule has 0 atom stereocenters. The number of hydrogen-bond acceptors (Lipinski definition) is 5. The zero-order valence-corrected chi connectivity index (χ0v) is 13.3. The Hall–Kier alpha value is -1.95. The first-order valence-electron chi connectivity index (χ1n) is 7.22. The van der Waals surface area contributed by atoms with E-state index >= 15 is 0 Å². The summed E-state index contributed by atoms with van der Waals surface area (Å²) in [5, 5.41) is 14.2. The lowest BCUT2D eigenvalue weighted by Gasteiger charge is -2.07. The molecule has 3 aromatic rings. The molecule has 0 radical (unpaired) electrons. The highest BCUT2D eigenvalue weighted by Crippen LogP contribution is 2.30. The SMILES string of the molecule is CCC(CC)c1nnc2sc(-c3ccc(C)c(N)c3)nn12. The van der Waals surface area contributed by atoms with Crippen molar-refractivity contribution in [3.8, 4) is 10.6 Å². The highest BCUT2D eigenvalue weighted by Gasteiger charge is 2.18. The van der Waals surface area contributed by atoms with Gasteiger partial charge in [0.2, 0.25) is 4.96 Å². The van der Waals surface area contributed by atoms with E-state index in [-0.39, 0.29) is 0 Å². The number of aromatic nitrogens is 4. The molecule has 0 unspecified atom stereocenters. The molecular weight excluding hydrogens is 282 g/mol. The molecule has 2 N–H and O–H groups in total. The normalized spacial score (nSPS) is 11.6. The van der Waals surface area contributed by atoms with Crippen molar-refractivity contribution in [3.63, 3.8) is 0 Å². The van der Waals surface area contributed by atoms with Crippen LogP contribution in [0.5, 0.6) is 0 Å². The highest BCUT2D eigenvalue weighted by molar-refractivity contribution is 7.19. The van der Waals surface area contributed by atoms with Crippen molar-refractivity contribution in [1.29, 1.82) is 0 Å². The number of nitrogen functional groups attached to an aromatic ring is 1. The van der Waals surface area contributed by atoms with Crippen molar-refractivity contribution in [2.24, 2.45) is 0 Å². The number of rotatable bonds is 4. The van der Waals surface area contributed by atoms with E-state index in [4.69, 9.17) is 5.73 Å². The fraction of sp³-hybridized carbons (Fsp3) is 0.400. The van der Waals surface area contributed by atoms with Gasteiger partial charge in [-0.25, -0.2) is 0 Å². The van der Waals surface area contributed by atoms with Crippen LogP contribution in [0.15, 0.2) is 18.2 Å². The number of benzene rings is 1. The first-order valence-corrected chi connectivity index (χ1v) is 8.04. The number of fused-ring (bicyclic) bond motifs is 1. The van der Waals surface area contributed by atoms with E-state index in [0.29, 0.717) is 5.92 Å². The summed E-state index contributed by atoms with van der Waals surface area (Å²) in [6.45, 7) is 6.34. The number of nitrogens with zero attached hydrogens (tertiary/aromatic N) is 4. The number of nitrogens with two attached hydrogens (primary N) is 1. The fourth-order valence-corrected chi connectivity index (χ4v) is 3.27. The predicted octanol–water partition coefficient (Wildman–Crippen LogP) is 3.65. The third kappa shape index (κ3) is 2.40. The second kappa shape index (κ2) is 5.44. The van der Waals surface area contributed by atoms with Gasteiger partial charge in [0.15, 0.2) is 5.82 Å². The summed E-state index contributed by atoms with van der Waals surface area (Å²) in [5.41, 5.74) is 8.90. The Morgan fingerprint density at radius 3 is 2.67 bits per heavy atom. The maximum Gasteiger partial charge on any atom is 0.234 e. The molecule has 5 nitrogen and oxygen atoms in total. The van der Waals surface area contributed by atoms with Crippen LogP contribution in [0.1, 0.15) is 44.0 Å². The van der Waals surface area contributed by atoms with Crippen molar-refractivity contribution in [3.05, 3.63) is 29.6 Å². The van der Waals surface area contributed by atoms with Crippen LogP contribution in [-0.2, 0) is 0 Å². The summed E-state index contributed by atoms with van der Waals surface area (Å²) in [4.78, 5) is 0.839. The van der Waals surface area contributed by atoms with Crippen molar-refractivity contribution in [2.75, 3.05) is 5.73 Å². The fourth-order valence-electron chi connectivity index (χ4n) is 2.43. The van der Waals surface area contributed by atoms with E-state index in [0.717, 1.165) is 45.4 Å². The van der Waals surface area contributed by atoms with Crippen LogP contribution in [0, 0.1) is 6.92 Å². The molecule has 3 rings (SSSR count). The number of anilines is 1. The molecule has 0 bridgehead atoms. The Kier molecular flexibility index (Phi) is 3.63. The Morgan fingerprint density at radius 1 is 1.24 bits per heavy atom. The molecular formula is C15H19N5S. The molecule has 110 valence electrons. The summed E-state index contributed by atoms with van der Waals surface area (Å²) in [6.07, 6.45) is 2.09. The van der Waals surface area contributed by atoms with Gasteiger partial charge in [-0.05, 0) is 31.4 Å². The molecule has 0 fully saturated rings. The van der Waals surface area contributed by atoms with E-state index in [1.165, 1.54) is 0 Å². The molecule has 2 aromatic heterocycles. The number of aryl methyl sites for hydroxylation is 1. The molecule has 0 aliphatic rings. The Morgan fingerprint density at radius 2 is 2.00 bits per heavy atom. The van der Waals surface area contributed by atoms with Gasteiger partial charge in [-0.1, -0.05) is 37.3 Å². The Balaban J connectivity index is 2.07. The van der Waals surface area contributed by atoms with Gasteiger partial charge >= 0.3 is 0 Å². The topological polar surface area (TPSA) is 69.1 Å². The third-order valence-electron chi connectivity index (χ3n) is 3.89. The monoisotopic (exact) mass is 301 g/mol. The smallest absolute Gasteiger partial charge is 0.234 e. The van der Waals surface area contributed by atoms with Gasteiger partial charge < -0.3 is 5.73 Å². The largest absolute Gasteiger partial charge is 0.398 e. The average molecular weight is 301 g/mol. The molecule has 0 aliphatic heterocycles. The second-order valence-corrected chi connectivity index (χ2v) is 6.20. The van der Waals surface area contributed by atoms with E-state index in [1.54, 1.807) is 11.3 Å². The molecule has 21 heavy (non-hydrogen) atoms. The summed E-state index contributed by atoms with van der Waals surface area (Å²) in [6, 6.07) is 6.04.